The summed E-state index contributed by atoms with van der Waals surface area (Å²) in [5.41, 5.74) is 0. The van der Waals surface area contributed by atoms with Crippen LogP contribution in [0.5, 0.6) is 0 Å². The lowest BCUT2D eigenvalue weighted by molar-refractivity contribution is -0.135. The lowest BCUT2D eigenvalue weighted by atomic mass is 10.4. The predicted octanol–water partition coefficient (Wildman–Crippen LogP) is -0.581. The fourth-order valence-corrected chi connectivity index (χ4v) is 0.975. The largest absolute Gasteiger partial charge is 0.343 e. The highest BCUT2D eigenvalue weighted by molar-refractivity contribution is 6.13. The lowest BCUT2D eigenvalue weighted by Gasteiger charge is -2.29. The summed E-state index contributed by atoms with van der Waals surface area (Å²) in [4.78, 5) is 15.0. The molecule has 58 valence electrons. The number of piperazine rings is 1. The zero-order chi connectivity index (χ0) is 7.56. The minimum Gasteiger partial charge on any atom is -0.343 e. The Balaban J connectivity index is 2.41. The number of amides is 1. The van der Waals surface area contributed by atoms with Gasteiger partial charge in [0.05, 0.1) is 6.54 Å². The Labute approximate surface area is 64.8 Å². The molecule has 1 amide bonds. The quantitative estimate of drug-likeness (QED) is 0.526. The molecular weight excluding hydrogens is 154 g/mol. The molecule has 1 N–H and O–H groups in total. The van der Waals surface area contributed by atoms with Crippen molar-refractivity contribution in [1.82, 2.24) is 14.9 Å². The molecule has 1 rings (SSSR count). The minimum atomic E-state index is 0.0967. The van der Waals surface area contributed by atoms with E-state index in [0.29, 0.717) is 6.54 Å². The van der Waals surface area contributed by atoms with Gasteiger partial charge in [0.2, 0.25) is 5.91 Å². The van der Waals surface area contributed by atoms with Gasteiger partial charge in [-0.1, -0.05) is 0 Å². The van der Waals surface area contributed by atoms with Gasteiger partial charge in [-0.2, -0.15) is 4.94 Å². The first-order valence-electron chi connectivity index (χ1n) is 3.09. The van der Waals surface area contributed by atoms with E-state index in [-0.39, 0.29) is 5.91 Å². The zero-order valence-corrected chi connectivity index (χ0v) is 6.56. The topological polar surface area (TPSA) is 35.6 Å². The third kappa shape index (κ3) is 1.59. The van der Waals surface area contributed by atoms with Crippen molar-refractivity contribution in [1.29, 1.82) is 0 Å². The molecule has 10 heavy (non-hydrogen) atoms. The van der Waals surface area contributed by atoms with E-state index in [1.807, 2.05) is 0 Å². The summed E-state index contributed by atoms with van der Waals surface area (Å²) in [6, 6.07) is 0. The second kappa shape index (κ2) is 3.18. The van der Waals surface area contributed by atoms with Crippen molar-refractivity contribution in [3.8, 4) is 0 Å². The van der Waals surface area contributed by atoms with E-state index in [4.69, 9.17) is 11.8 Å². The number of nitrogens with zero attached hydrogens (tertiary/aromatic N) is 2. The Bertz CT molecular complexity index is 141. The molecule has 1 heterocycles. The monoisotopic (exact) mass is 163 g/mol. The zero-order valence-electron chi connectivity index (χ0n) is 5.80. The Morgan fingerprint density at radius 1 is 1.60 bits per heavy atom. The van der Waals surface area contributed by atoms with Gasteiger partial charge < -0.3 is 4.90 Å². The first-order valence-corrected chi connectivity index (χ1v) is 3.47. The number of hydrazine groups is 1. The van der Waals surface area contributed by atoms with Crippen molar-refractivity contribution < 1.29 is 4.79 Å². The number of hydrogen-bond donors (Lipinski definition) is 1. The first kappa shape index (κ1) is 7.78. The molecule has 0 unspecified atom stereocenters. The van der Waals surface area contributed by atoms with Crippen LogP contribution in [0, 0.1) is 0 Å². The number of carbonyl (C=O) groups excluding carboxylic acids is 1. The van der Waals surface area contributed by atoms with E-state index >= 15 is 0 Å². The molecule has 0 aromatic carbocycles. The van der Waals surface area contributed by atoms with Crippen molar-refractivity contribution in [2.75, 3.05) is 26.7 Å². The summed E-state index contributed by atoms with van der Waals surface area (Å²) in [5.74, 6) is 0.0967. The summed E-state index contributed by atoms with van der Waals surface area (Å²) in [7, 11) is 1.79. The maximum absolute atomic E-state index is 10.9. The van der Waals surface area contributed by atoms with Crippen LogP contribution >= 0.6 is 11.8 Å². The third-order valence-corrected chi connectivity index (χ3v) is 1.82. The van der Waals surface area contributed by atoms with E-state index in [1.54, 1.807) is 17.0 Å². The number of likely N-dealkylation sites (N-methyl/N-ethyl adjacent to an activating group) is 1. The van der Waals surface area contributed by atoms with E-state index in [1.165, 1.54) is 0 Å². The fourth-order valence-electron chi connectivity index (χ4n) is 0.831. The summed E-state index contributed by atoms with van der Waals surface area (Å²) in [6.45, 7) is 1.88. The van der Waals surface area contributed by atoms with Crippen molar-refractivity contribution >= 4 is 17.7 Å². The SMILES string of the molecule is CN1CCN(NCl)CC1=O. The van der Waals surface area contributed by atoms with Crippen LogP contribution in [0.15, 0.2) is 0 Å². The Morgan fingerprint density at radius 3 is 2.80 bits per heavy atom. The molecular formula is C5H10ClN3O. The van der Waals surface area contributed by atoms with Crippen LogP contribution in [0.4, 0.5) is 0 Å². The summed E-state index contributed by atoms with van der Waals surface area (Å²) in [6.07, 6.45) is 0. The highest BCUT2D eigenvalue weighted by Crippen LogP contribution is 1.97. The van der Waals surface area contributed by atoms with E-state index in [0.717, 1.165) is 13.1 Å². The number of carbonyl (C=O) groups is 1. The normalized spacial score (nSPS) is 21.8. The molecule has 0 atom stereocenters. The van der Waals surface area contributed by atoms with Crippen LogP contribution in [-0.4, -0.2) is 42.5 Å². The Kier molecular flexibility index (Phi) is 2.48. The number of rotatable bonds is 1. The molecule has 4 nitrogen and oxygen atoms in total. The van der Waals surface area contributed by atoms with Gasteiger partial charge in [0, 0.05) is 20.1 Å². The van der Waals surface area contributed by atoms with Gasteiger partial charge in [-0.25, -0.2) is 5.01 Å². The predicted molar refractivity (Wildman–Crippen MR) is 38.2 cm³/mol. The van der Waals surface area contributed by atoms with E-state index in [9.17, 15) is 4.79 Å². The smallest absolute Gasteiger partial charge is 0.238 e. The second-order valence-electron chi connectivity index (χ2n) is 2.32. The summed E-state index contributed by atoms with van der Waals surface area (Å²) < 4.78 is 0. The number of halogens is 1. The van der Waals surface area contributed by atoms with Gasteiger partial charge in [-0.3, -0.25) is 4.79 Å². The average molecular weight is 164 g/mol. The number of nitrogens with one attached hydrogen (secondary N) is 1. The highest BCUT2D eigenvalue weighted by atomic mass is 35.5. The van der Waals surface area contributed by atoms with Crippen LogP contribution in [-0.2, 0) is 4.79 Å². The van der Waals surface area contributed by atoms with Gasteiger partial charge >= 0.3 is 0 Å². The molecule has 1 aliphatic heterocycles. The van der Waals surface area contributed by atoms with Crippen LogP contribution in [0.2, 0.25) is 0 Å². The maximum atomic E-state index is 10.9. The number of hydrogen-bond acceptors (Lipinski definition) is 3. The fraction of sp³-hybridized carbons (Fsp3) is 0.800. The average Bonchev–Trinajstić information content (AvgIpc) is 1.95. The van der Waals surface area contributed by atoms with E-state index < -0.39 is 0 Å². The molecule has 1 saturated heterocycles. The van der Waals surface area contributed by atoms with Gasteiger partial charge in [0.15, 0.2) is 0 Å². The summed E-state index contributed by atoms with van der Waals surface area (Å²) in [5, 5.41) is 1.67. The third-order valence-electron chi connectivity index (χ3n) is 1.58. The lowest BCUT2D eigenvalue weighted by Crippen LogP contribution is -2.51. The van der Waals surface area contributed by atoms with Crippen molar-refractivity contribution in [2.24, 2.45) is 0 Å². The Morgan fingerprint density at radius 2 is 2.30 bits per heavy atom. The molecule has 5 heteroatoms. The molecule has 0 aliphatic carbocycles. The van der Waals surface area contributed by atoms with Crippen LogP contribution < -0.4 is 4.94 Å². The van der Waals surface area contributed by atoms with Gasteiger partial charge in [-0.15, -0.1) is 0 Å². The molecule has 1 fully saturated rings. The molecule has 0 radical (unpaired) electrons. The molecule has 0 spiro atoms. The van der Waals surface area contributed by atoms with Crippen LogP contribution in [0.3, 0.4) is 0 Å². The van der Waals surface area contributed by atoms with Crippen molar-refractivity contribution in [3.05, 3.63) is 0 Å². The Hall–Kier alpha value is -0.320. The molecule has 0 aromatic heterocycles. The molecule has 0 bridgehead atoms. The standard InChI is InChI=1S/C5H10ClN3O/c1-8-2-3-9(7-6)4-5(8)10/h7H,2-4H2,1H3. The molecule has 1 aliphatic rings. The second-order valence-corrected chi connectivity index (χ2v) is 2.49. The first-order chi connectivity index (χ1) is 4.74. The molecule has 0 saturated carbocycles. The minimum absolute atomic E-state index is 0.0967. The van der Waals surface area contributed by atoms with Crippen LogP contribution in [0.25, 0.3) is 0 Å². The van der Waals surface area contributed by atoms with Gasteiger partial charge in [0.25, 0.3) is 0 Å². The van der Waals surface area contributed by atoms with Crippen LogP contribution in [0.1, 0.15) is 0 Å². The summed E-state index contributed by atoms with van der Waals surface area (Å²) >= 11 is 5.30. The van der Waals surface area contributed by atoms with E-state index in [2.05, 4.69) is 4.94 Å². The van der Waals surface area contributed by atoms with Gasteiger partial charge in [0.1, 0.15) is 0 Å². The van der Waals surface area contributed by atoms with Crippen molar-refractivity contribution in [3.63, 3.8) is 0 Å². The maximum Gasteiger partial charge on any atom is 0.238 e. The van der Waals surface area contributed by atoms with Crippen molar-refractivity contribution in [2.45, 2.75) is 0 Å². The highest BCUT2D eigenvalue weighted by Gasteiger charge is 2.19. The van der Waals surface area contributed by atoms with Gasteiger partial charge in [-0.05, 0) is 11.8 Å². The molecule has 0 aromatic rings.